The average Bonchev–Trinajstić information content (AvgIpc) is 3.15. The highest BCUT2D eigenvalue weighted by molar-refractivity contribution is 5.90. The van der Waals surface area contributed by atoms with E-state index in [1.807, 2.05) is 60.9 Å². The average molecular weight is 703 g/mol. The molecule has 9 nitrogen and oxygen atoms in total. The molecule has 1 saturated heterocycles. The molecule has 6 rings (SSSR count). The van der Waals surface area contributed by atoms with E-state index in [2.05, 4.69) is 53.4 Å². The lowest BCUT2D eigenvalue weighted by Gasteiger charge is -2.39. The number of aromatic nitrogens is 2. The van der Waals surface area contributed by atoms with Crippen molar-refractivity contribution in [3.8, 4) is 28.3 Å². The van der Waals surface area contributed by atoms with Crippen LogP contribution in [0.2, 0.25) is 0 Å². The minimum atomic E-state index is -0.921. The molecule has 2 aliphatic rings. The number of benzene rings is 3. The second-order valence-electron chi connectivity index (χ2n) is 14.4. The van der Waals surface area contributed by atoms with E-state index in [1.165, 1.54) is 42.6 Å². The molecule has 0 spiro atoms. The number of carbonyl (C=O) groups excluding carboxylic acids is 2. The van der Waals surface area contributed by atoms with Gasteiger partial charge >= 0.3 is 5.97 Å². The molecule has 2 amide bonds. The van der Waals surface area contributed by atoms with Crippen molar-refractivity contribution in [2.45, 2.75) is 83.6 Å². The Labute approximate surface area is 306 Å². The van der Waals surface area contributed by atoms with Gasteiger partial charge < -0.3 is 20.1 Å². The van der Waals surface area contributed by atoms with Crippen LogP contribution in [0.3, 0.4) is 0 Å². The van der Waals surface area contributed by atoms with Crippen molar-refractivity contribution in [1.29, 1.82) is 0 Å². The number of carboxylic acid groups (broad SMARTS) is 1. The van der Waals surface area contributed by atoms with Crippen molar-refractivity contribution in [1.82, 2.24) is 20.2 Å². The fourth-order valence-corrected chi connectivity index (χ4v) is 7.21. The van der Waals surface area contributed by atoms with Gasteiger partial charge in [-0.25, -0.2) is 9.97 Å². The lowest BCUT2D eigenvalue weighted by atomic mass is 9.78. The number of ether oxygens (including phenoxy) is 1. The molecule has 2 N–H and O–H groups in total. The number of nitrogens with zero attached hydrogens (tertiary/aromatic N) is 3. The number of nitrogens with one attached hydrogen (secondary N) is 1. The number of likely N-dealkylation sites (tertiary alicyclic amines) is 1. The van der Waals surface area contributed by atoms with Gasteiger partial charge in [-0.3, -0.25) is 14.4 Å². The molecule has 1 saturated carbocycles. The van der Waals surface area contributed by atoms with E-state index in [9.17, 15) is 19.5 Å². The molecule has 2 heterocycles. The number of hydrogen-bond acceptors (Lipinski definition) is 6. The maximum atomic E-state index is 13.5. The Morgan fingerprint density at radius 2 is 1.46 bits per heavy atom. The SMILES string of the molecule is CCCCOc1ccc(CC(=O)N[C@@H](Cc2ccc(-c3ncc(-c4ccc([C@H]5CC[C@H](CC)CC5)cc4)cn3)cc2)C(=O)N2CC(C(=O)O)C2)cc1. The summed E-state index contributed by atoms with van der Waals surface area (Å²) in [4.78, 5) is 48.9. The van der Waals surface area contributed by atoms with Crippen LogP contribution in [0.4, 0.5) is 0 Å². The number of carbonyl (C=O) groups is 3. The summed E-state index contributed by atoms with van der Waals surface area (Å²) in [7, 11) is 0. The number of unbranched alkanes of at least 4 members (excludes halogenated alkanes) is 1. The van der Waals surface area contributed by atoms with Gasteiger partial charge in [0, 0.05) is 43.0 Å². The molecule has 1 aromatic heterocycles. The molecular weight excluding hydrogens is 652 g/mol. The molecular formula is C43H50N4O5. The standard InChI is InChI=1S/C43H50N4O5/c1-3-5-22-52-38-20-10-31(11-21-38)24-40(48)46-39(42(49)47-27-37(28-47)43(50)51)23-30-8-14-35(15-9-30)41-44-25-36(26-45-41)34-18-16-33(17-19-34)32-12-6-29(4-2)7-13-32/h8-11,14-21,25-26,29,32,37,39H,3-7,12-13,22-24,27-28H2,1-2H3,(H,46,48)(H,50,51)/t29-,32-,39-/m0/s1. The van der Waals surface area contributed by atoms with Crippen molar-refractivity contribution in [3.63, 3.8) is 0 Å². The van der Waals surface area contributed by atoms with E-state index >= 15 is 0 Å². The van der Waals surface area contributed by atoms with Crippen molar-refractivity contribution in [2.75, 3.05) is 19.7 Å². The quantitative estimate of drug-likeness (QED) is 0.123. The maximum absolute atomic E-state index is 13.5. The van der Waals surface area contributed by atoms with Gasteiger partial charge in [-0.15, -0.1) is 0 Å². The first-order valence-corrected chi connectivity index (χ1v) is 18.8. The number of aliphatic carboxylic acids is 1. The van der Waals surface area contributed by atoms with Crippen LogP contribution in [0.25, 0.3) is 22.5 Å². The first-order chi connectivity index (χ1) is 25.3. The van der Waals surface area contributed by atoms with Crippen LogP contribution in [0.1, 0.15) is 81.4 Å². The largest absolute Gasteiger partial charge is 0.494 e. The predicted molar refractivity (Wildman–Crippen MR) is 202 cm³/mol. The van der Waals surface area contributed by atoms with E-state index in [0.717, 1.165) is 52.3 Å². The van der Waals surface area contributed by atoms with Crippen LogP contribution in [-0.2, 0) is 27.2 Å². The fraction of sp³-hybridized carbons (Fsp3) is 0.419. The summed E-state index contributed by atoms with van der Waals surface area (Å²) in [5.74, 6) is 0.819. The Bertz CT molecular complexity index is 1780. The van der Waals surface area contributed by atoms with Crippen molar-refractivity contribution in [3.05, 3.63) is 102 Å². The lowest BCUT2D eigenvalue weighted by molar-refractivity contribution is -0.154. The molecule has 272 valence electrons. The van der Waals surface area contributed by atoms with E-state index in [4.69, 9.17) is 4.74 Å². The summed E-state index contributed by atoms with van der Waals surface area (Å²) >= 11 is 0. The summed E-state index contributed by atoms with van der Waals surface area (Å²) in [6, 6.07) is 23.1. The van der Waals surface area contributed by atoms with Crippen molar-refractivity contribution in [2.24, 2.45) is 11.8 Å². The van der Waals surface area contributed by atoms with E-state index < -0.39 is 17.9 Å². The van der Waals surface area contributed by atoms with Crippen LogP contribution < -0.4 is 10.1 Å². The topological polar surface area (TPSA) is 122 Å². The summed E-state index contributed by atoms with van der Waals surface area (Å²) in [6.45, 7) is 5.33. The van der Waals surface area contributed by atoms with Crippen molar-refractivity contribution < 1.29 is 24.2 Å². The van der Waals surface area contributed by atoms with Gasteiger partial charge in [-0.1, -0.05) is 87.4 Å². The molecule has 9 heteroatoms. The Morgan fingerprint density at radius 3 is 2.08 bits per heavy atom. The number of carboxylic acids is 1. The Hall–Kier alpha value is -5.05. The van der Waals surface area contributed by atoms with Gasteiger partial charge in [0.2, 0.25) is 11.8 Å². The second-order valence-corrected chi connectivity index (χ2v) is 14.4. The van der Waals surface area contributed by atoms with E-state index in [1.54, 1.807) is 0 Å². The van der Waals surface area contributed by atoms with Gasteiger partial charge in [-0.05, 0) is 78.3 Å². The molecule has 3 aromatic carbocycles. The highest BCUT2D eigenvalue weighted by Gasteiger charge is 2.38. The summed E-state index contributed by atoms with van der Waals surface area (Å²) < 4.78 is 5.73. The zero-order chi connectivity index (χ0) is 36.5. The van der Waals surface area contributed by atoms with E-state index in [0.29, 0.717) is 18.3 Å². The third-order valence-corrected chi connectivity index (χ3v) is 10.7. The number of rotatable bonds is 15. The normalized spacial score (nSPS) is 17.9. The van der Waals surface area contributed by atoms with E-state index in [-0.39, 0.29) is 37.7 Å². The minimum absolute atomic E-state index is 0.104. The fourth-order valence-electron chi connectivity index (χ4n) is 7.21. The van der Waals surface area contributed by atoms with Crippen molar-refractivity contribution >= 4 is 17.8 Å². The molecule has 1 aliphatic heterocycles. The minimum Gasteiger partial charge on any atom is -0.494 e. The third kappa shape index (κ3) is 9.43. The molecule has 52 heavy (non-hydrogen) atoms. The summed E-state index contributed by atoms with van der Waals surface area (Å²) in [5, 5.41) is 12.3. The molecule has 1 atom stereocenters. The molecule has 0 bridgehead atoms. The third-order valence-electron chi connectivity index (χ3n) is 10.7. The zero-order valence-electron chi connectivity index (χ0n) is 30.3. The lowest BCUT2D eigenvalue weighted by Crippen LogP contribution is -2.59. The van der Waals surface area contributed by atoms with Crippen LogP contribution in [0.5, 0.6) is 5.75 Å². The zero-order valence-corrected chi connectivity index (χ0v) is 30.3. The summed E-state index contributed by atoms with van der Waals surface area (Å²) in [6.07, 6.45) is 12.6. The number of amides is 2. The molecule has 2 fully saturated rings. The van der Waals surface area contributed by atoms with Gasteiger partial charge in [0.05, 0.1) is 18.9 Å². The first kappa shape index (κ1) is 36.7. The molecule has 0 radical (unpaired) electrons. The number of hydrogen-bond donors (Lipinski definition) is 2. The van der Waals surface area contributed by atoms with Gasteiger partial charge in [0.1, 0.15) is 11.8 Å². The maximum Gasteiger partial charge on any atom is 0.310 e. The van der Waals surface area contributed by atoms with Crippen LogP contribution in [0, 0.1) is 11.8 Å². The monoisotopic (exact) mass is 702 g/mol. The highest BCUT2D eigenvalue weighted by Crippen LogP contribution is 2.37. The summed E-state index contributed by atoms with van der Waals surface area (Å²) in [5.41, 5.74) is 5.98. The Balaban J connectivity index is 1.07. The van der Waals surface area contributed by atoms with Crippen LogP contribution >= 0.6 is 0 Å². The van der Waals surface area contributed by atoms with Crippen LogP contribution in [-0.4, -0.2) is 63.5 Å². The smallest absolute Gasteiger partial charge is 0.310 e. The van der Waals surface area contributed by atoms with Crippen LogP contribution in [0.15, 0.2) is 85.2 Å². The molecule has 4 aromatic rings. The second kappa shape index (κ2) is 17.4. The van der Waals surface area contributed by atoms with Gasteiger partial charge in [0.15, 0.2) is 5.82 Å². The predicted octanol–water partition coefficient (Wildman–Crippen LogP) is 7.49. The molecule has 1 aliphatic carbocycles. The van der Waals surface area contributed by atoms with Gasteiger partial charge in [0.25, 0.3) is 0 Å². The van der Waals surface area contributed by atoms with Gasteiger partial charge in [-0.2, -0.15) is 0 Å². The first-order valence-electron chi connectivity index (χ1n) is 18.8. The molecule has 0 unspecified atom stereocenters. The highest BCUT2D eigenvalue weighted by atomic mass is 16.5. The Morgan fingerprint density at radius 1 is 0.827 bits per heavy atom. The Kier molecular flexibility index (Phi) is 12.3.